The Kier molecular flexibility index (Phi) is 5.31. The highest BCUT2D eigenvalue weighted by Crippen LogP contribution is 2.23. The summed E-state index contributed by atoms with van der Waals surface area (Å²) >= 11 is 1.22. The fourth-order valence-corrected chi connectivity index (χ4v) is 2.01. The van der Waals surface area contributed by atoms with Crippen molar-refractivity contribution < 1.29 is 19.1 Å². The van der Waals surface area contributed by atoms with Gasteiger partial charge in [0.15, 0.2) is 0 Å². The average molecular weight is 270 g/mol. The SMILES string of the molecule is CCCC(=O)Nc1sccc1C(=O)NC(=O)OC. The van der Waals surface area contributed by atoms with E-state index in [0.717, 1.165) is 6.42 Å². The molecule has 7 heteroatoms. The number of rotatable bonds is 4. The molecule has 0 aliphatic rings. The number of hydrogen-bond acceptors (Lipinski definition) is 5. The lowest BCUT2D eigenvalue weighted by molar-refractivity contribution is -0.116. The van der Waals surface area contributed by atoms with Crippen molar-refractivity contribution in [3.63, 3.8) is 0 Å². The maximum Gasteiger partial charge on any atom is 0.413 e. The van der Waals surface area contributed by atoms with Gasteiger partial charge in [0.05, 0.1) is 12.7 Å². The van der Waals surface area contributed by atoms with Crippen molar-refractivity contribution in [3.8, 4) is 0 Å². The van der Waals surface area contributed by atoms with E-state index in [9.17, 15) is 14.4 Å². The van der Waals surface area contributed by atoms with Crippen molar-refractivity contribution in [2.24, 2.45) is 0 Å². The van der Waals surface area contributed by atoms with Crippen molar-refractivity contribution in [1.29, 1.82) is 0 Å². The summed E-state index contributed by atoms with van der Waals surface area (Å²) in [5.74, 6) is -0.762. The number of methoxy groups -OCH3 is 1. The molecule has 0 atom stereocenters. The predicted octanol–water partition coefficient (Wildman–Crippen LogP) is 1.98. The molecule has 0 spiro atoms. The first-order chi connectivity index (χ1) is 8.58. The summed E-state index contributed by atoms with van der Waals surface area (Å²) in [7, 11) is 1.17. The molecule has 0 unspecified atom stereocenters. The van der Waals surface area contributed by atoms with Crippen LogP contribution in [0.4, 0.5) is 9.80 Å². The van der Waals surface area contributed by atoms with Crippen LogP contribution in [0.1, 0.15) is 30.1 Å². The molecule has 0 saturated carbocycles. The van der Waals surface area contributed by atoms with Gasteiger partial charge < -0.3 is 10.1 Å². The van der Waals surface area contributed by atoms with Gasteiger partial charge in [-0.25, -0.2) is 4.79 Å². The molecule has 0 aliphatic carbocycles. The van der Waals surface area contributed by atoms with Crippen LogP contribution in [0.2, 0.25) is 0 Å². The number of thiophene rings is 1. The molecule has 0 aromatic carbocycles. The highest BCUT2D eigenvalue weighted by Gasteiger charge is 2.17. The van der Waals surface area contributed by atoms with Crippen LogP contribution in [-0.2, 0) is 9.53 Å². The van der Waals surface area contributed by atoms with Crippen molar-refractivity contribution in [2.45, 2.75) is 19.8 Å². The van der Waals surface area contributed by atoms with Crippen LogP contribution in [0.3, 0.4) is 0 Å². The molecule has 0 fully saturated rings. The maximum atomic E-state index is 11.7. The summed E-state index contributed by atoms with van der Waals surface area (Å²) in [5.41, 5.74) is 0.245. The molecule has 2 N–H and O–H groups in total. The monoisotopic (exact) mass is 270 g/mol. The van der Waals surface area contributed by atoms with Gasteiger partial charge in [-0.3, -0.25) is 14.9 Å². The third-order valence-electron chi connectivity index (χ3n) is 2.04. The summed E-state index contributed by atoms with van der Waals surface area (Å²) in [6.07, 6.45) is 0.272. The Labute approximate surface area is 108 Å². The molecule has 0 radical (unpaired) electrons. The molecule has 1 aromatic heterocycles. The van der Waals surface area contributed by atoms with Gasteiger partial charge in [-0.05, 0) is 17.9 Å². The molecule has 1 rings (SSSR count). The second kappa shape index (κ2) is 6.75. The molecule has 1 aromatic rings. The van der Waals surface area contributed by atoms with Gasteiger partial charge in [-0.15, -0.1) is 11.3 Å². The second-order valence-corrected chi connectivity index (χ2v) is 4.32. The van der Waals surface area contributed by atoms with Gasteiger partial charge in [0.25, 0.3) is 5.91 Å². The molecular formula is C11H14N2O4S. The van der Waals surface area contributed by atoms with Crippen LogP contribution in [0.15, 0.2) is 11.4 Å². The summed E-state index contributed by atoms with van der Waals surface area (Å²) in [6, 6.07) is 1.53. The lowest BCUT2D eigenvalue weighted by atomic mass is 10.3. The van der Waals surface area contributed by atoms with Crippen molar-refractivity contribution >= 4 is 34.2 Å². The highest BCUT2D eigenvalue weighted by molar-refractivity contribution is 7.14. The molecule has 3 amide bonds. The van der Waals surface area contributed by atoms with E-state index in [0.29, 0.717) is 11.4 Å². The summed E-state index contributed by atoms with van der Waals surface area (Å²) in [5, 5.41) is 6.75. The normalized spacial score (nSPS) is 9.67. The summed E-state index contributed by atoms with van der Waals surface area (Å²) in [6.45, 7) is 1.89. The Hall–Kier alpha value is -1.89. The van der Waals surface area contributed by atoms with E-state index in [-0.39, 0.29) is 11.5 Å². The van der Waals surface area contributed by atoms with Crippen LogP contribution >= 0.6 is 11.3 Å². The lowest BCUT2D eigenvalue weighted by Crippen LogP contribution is -2.30. The standard InChI is InChI=1S/C11H14N2O4S/c1-3-4-8(14)12-10-7(5-6-18-10)9(15)13-11(16)17-2/h5-6H,3-4H2,1-2H3,(H,12,14)(H,13,15,16). The van der Waals surface area contributed by atoms with Crippen molar-refractivity contribution in [1.82, 2.24) is 5.32 Å². The molecule has 0 aliphatic heterocycles. The first-order valence-electron chi connectivity index (χ1n) is 5.35. The first-order valence-corrected chi connectivity index (χ1v) is 6.23. The zero-order chi connectivity index (χ0) is 13.5. The number of hydrogen-bond donors (Lipinski definition) is 2. The summed E-state index contributed by atoms with van der Waals surface area (Å²) in [4.78, 5) is 34.0. The number of imide groups is 1. The van der Waals surface area contributed by atoms with E-state index in [4.69, 9.17) is 0 Å². The third kappa shape index (κ3) is 3.85. The Balaban J connectivity index is 2.73. The van der Waals surface area contributed by atoms with Gasteiger partial charge in [0.2, 0.25) is 5.91 Å². The average Bonchev–Trinajstić information content (AvgIpc) is 2.77. The maximum absolute atomic E-state index is 11.7. The van der Waals surface area contributed by atoms with Gasteiger partial charge in [0, 0.05) is 6.42 Å². The molecule has 98 valence electrons. The lowest BCUT2D eigenvalue weighted by Gasteiger charge is -2.05. The number of carbonyl (C=O) groups is 3. The zero-order valence-electron chi connectivity index (χ0n) is 10.1. The van der Waals surface area contributed by atoms with Crippen molar-refractivity contribution in [2.75, 3.05) is 12.4 Å². The van der Waals surface area contributed by atoms with Gasteiger partial charge in [0.1, 0.15) is 5.00 Å². The molecular weight excluding hydrogens is 256 g/mol. The fraction of sp³-hybridized carbons (Fsp3) is 0.364. The molecule has 18 heavy (non-hydrogen) atoms. The number of amides is 3. The summed E-state index contributed by atoms with van der Waals surface area (Å²) < 4.78 is 4.32. The Bertz CT molecular complexity index is 456. The van der Waals surface area contributed by atoms with E-state index < -0.39 is 12.0 Å². The minimum atomic E-state index is -0.836. The van der Waals surface area contributed by atoms with Crippen LogP contribution in [0, 0.1) is 0 Å². The van der Waals surface area contributed by atoms with Crippen LogP contribution in [0.5, 0.6) is 0 Å². The molecule has 6 nitrogen and oxygen atoms in total. The fourth-order valence-electron chi connectivity index (χ4n) is 1.21. The van der Waals surface area contributed by atoms with E-state index in [1.165, 1.54) is 24.5 Å². The Morgan fingerprint density at radius 1 is 1.39 bits per heavy atom. The number of alkyl carbamates (subject to hydrolysis) is 1. The largest absolute Gasteiger partial charge is 0.453 e. The number of nitrogens with one attached hydrogen (secondary N) is 2. The molecule has 1 heterocycles. The van der Waals surface area contributed by atoms with Crippen LogP contribution < -0.4 is 10.6 Å². The Morgan fingerprint density at radius 2 is 2.11 bits per heavy atom. The topological polar surface area (TPSA) is 84.5 Å². The smallest absolute Gasteiger partial charge is 0.413 e. The van der Waals surface area contributed by atoms with Crippen LogP contribution in [0.25, 0.3) is 0 Å². The second-order valence-electron chi connectivity index (χ2n) is 3.41. The predicted molar refractivity (Wildman–Crippen MR) is 67.7 cm³/mol. The highest BCUT2D eigenvalue weighted by atomic mass is 32.1. The van der Waals surface area contributed by atoms with Crippen LogP contribution in [-0.4, -0.2) is 25.0 Å². The third-order valence-corrected chi connectivity index (χ3v) is 2.87. The number of ether oxygens (including phenoxy) is 1. The zero-order valence-corrected chi connectivity index (χ0v) is 10.9. The Morgan fingerprint density at radius 3 is 2.72 bits per heavy atom. The van der Waals surface area contributed by atoms with E-state index in [2.05, 4.69) is 10.1 Å². The number of anilines is 1. The van der Waals surface area contributed by atoms with Crippen molar-refractivity contribution in [3.05, 3.63) is 17.0 Å². The minimum Gasteiger partial charge on any atom is -0.453 e. The van der Waals surface area contributed by atoms with Gasteiger partial charge in [-0.2, -0.15) is 0 Å². The number of carbonyl (C=O) groups excluding carboxylic acids is 3. The van der Waals surface area contributed by atoms with E-state index in [1.54, 1.807) is 5.38 Å². The van der Waals surface area contributed by atoms with Gasteiger partial charge in [-0.1, -0.05) is 6.92 Å². The first kappa shape index (κ1) is 14.2. The van der Waals surface area contributed by atoms with E-state index >= 15 is 0 Å². The molecule has 0 saturated heterocycles. The minimum absolute atomic E-state index is 0.160. The molecule has 0 bridgehead atoms. The quantitative estimate of drug-likeness (QED) is 0.876. The van der Waals surface area contributed by atoms with E-state index in [1.807, 2.05) is 12.2 Å². The van der Waals surface area contributed by atoms with Gasteiger partial charge >= 0.3 is 6.09 Å².